The van der Waals surface area contributed by atoms with E-state index in [0.29, 0.717) is 42.1 Å². The molecule has 0 aliphatic heterocycles. The highest BCUT2D eigenvalue weighted by Gasteiger charge is 2.22. The Morgan fingerprint density at radius 3 is 2.32 bits per heavy atom. The molecule has 3 heteroatoms. The molecule has 3 aromatic carbocycles. The third-order valence-electron chi connectivity index (χ3n) is 7.19. The summed E-state index contributed by atoms with van der Waals surface area (Å²) in [6, 6.07) is 15.6. The molecule has 4 rings (SSSR count). The molecule has 0 bridgehead atoms. The minimum Gasteiger partial charge on any atom is -0.490 e. The van der Waals surface area contributed by atoms with Gasteiger partial charge in [-0.3, -0.25) is 0 Å². The molecule has 0 amide bonds. The molecule has 0 atom stereocenters. The van der Waals surface area contributed by atoms with Crippen molar-refractivity contribution in [1.29, 1.82) is 0 Å². The van der Waals surface area contributed by atoms with Crippen LogP contribution in [-0.4, -0.2) is 6.61 Å². The van der Waals surface area contributed by atoms with E-state index in [0.717, 1.165) is 17.9 Å². The Bertz CT molecular complexity index is 1120. The summed E-state index contributed by atoms with van der Waals surface area (Å²) in [5.41, 5.74) is 2.96. The molecule has 0 heterocycles. The maximum Gasteiger partial charge on any atom is 0.167 e. The van der Waals surface area contributed by atoms with Gasteiger partial charge in [0.25, 0.3) is 0 Å². The standard InChI is InChI=1S/C31H34F2O/c1-3-5-6-22-7-12-24(13-8-22)25-14-9-23(10-15-25)11-16-27-20-26-17-18-28(34-19-4-2)21-29(26)31(33)30(27)32/h3-4,9-10,14-15,17-18,20-22,24H,1-2,5-8,11-13,16,19H2. The Labute approximate surface area is 202 Å². The predicted octanol–water partition coefficient (Wildman–Crippen LogP) is 8.71. The van der Waals surface area contributed by atoms with Crippen LogP contribution < -0.4 is 4.74 Å². The van der Waals surface area contributed by atoms with Crippen molar-refractivity contribution in [3.8, 4) is 5.75 Å². The Morgan fingerprint density at radius 2 is 1.62 bits per heavy atom. The highest BCUT2D eigenvalue weighted by Crippen LogP contribution is 2.37. The van der Waals surface area contributed by atoms with Gasteiger partial charge in [-0.15, -0.1) is 6.58 Å². The first kappa shape index (κ1) is 24.2. The van der Waals surface area contributed by atoms with Gasteiger partial charge in [-0.25, -0.2) is 8.78 Å². The molecule has 0 spiro atoms. The van der Waals surface area contributed by atoms with Crippen LogP contribution in [0.25, 0.3) is 10.8 Å². The number of aryl methyl sites for hydroxylation is 2. The van der Waals surface area contributed by atoms with E-state index in [1.807, 2.05) is 6.08 Å². The van der Waals surface area contributed by atoms with Crippen molar-refractivity contribution in [2.24, 2.45) is 5.92 Å². The molecular weight excluding hydrogens is 426 g/mol. The SMILES string of the molecule is C=CCCC1CCC(c2ccc(CCc3cc4ccc(OCC=C)cc4c(F)c3F)cc2)CC1. The smallest absolute Gasteiger partial charge is 0.167 e. The van der Waals surface area contributed by atoms with E-state index in [-0.39, 0.29) is 5.39 Å². The first-order valence-corrected chi connectivity index (χ1v) is 12.4. The van der Waals surface area contributed by atoms with Crippen molar-refractivity contribution < 1.29 is 13.5 Å². The summed E-state index contributed by atoms with van der Waals surface area (Å²) >= 11 is 0. The van der Waals surface area contributed by atoms with Crippen molar-refractivity contribution in [3.05, 3.63) is 102 Å². The molecule has 0 saturated heterocycles. The van der Waals surface area contributed by atoms with Crippen LogP contribution in [0.2, 0.25) is 0 Å². The molecule has 3 aromatic rings. The number of ether oxygens (including phenoxy) is 1. The summed E-state index contributed by atoms with van der Waals surface area (Å²) in [4.78, 5) is 0. The van der Waals surface area contributed by atoms with Crippen LogP contribution in [0.4, 0.5) is 8.78 Å². The number of halogens is 2. The second-order valence-electron chi connectivity index (χ2n) is 9.47. The largest absolute Gasteiger partial charge is 0.490 e. The molecule has 178 valence electrons. The Balaban J connectivity index is 1.38. The van der Waals surface area contributed by atoms with E-state index >= 15 is 0 Å². The number of fused-ring (bicyclic) bond motifs is 1. The number of rotatable bonds is 10. The van der Waals surface area contributed by atoms with Crippen LogP contribution in [0.5, 0.6) is 5.75 Å². The fourth-order valence-electron chi connectivity index (χ4n) is 5.16. The fourth-order valence-corrected chi connectivity index (χ4v) is 5.16. The van der Waals surface area contributed by atoms with Gasteiger partial charge in [-0.2, -0.15) is 0 Å². The van der Waals surface area contributed by atoms with E-state index in [1.54, 1.807) is 30.3 Å². The van der Waals surface area contributed by atoms with E-state index in [4.69, 9.17) is 4.74 Å². The lowest BCUT2D eigenvalue weighted by molar-refractivity contribution is 0.312. The fraction of sp³-hybridized carbons (Fsp3) is 0.355. The van der Waals surface area contributed by atoms with Gasteiger partial charge in [0.05, 0.1) is 0 Å². The van der Waals surface area contributed by atoms with Gasteiger partial charge in [0, 0.05) is 5.39 Å². The molecule has 1 aliphatic carbocycles. The summed E-state index contributed by atoms with van der Waals surface area (Å²) in [5, 5.41) is 0.922. The normalized spacial score (nSPS) is 18.1. The van der Waals surface area contributed by atoms with Crippen molar-refractivity contribution in [2.45, 2.75) is 57.3 Å². The topological polar surface area (TPSA) is 9.23 Å². The number of benzene rings is 3. The summed E-state index contributed by atoms with van der Waals surface area (Å²) in [6.07, 6.45) is 12.3. The monoisotopic (exact) mass is 460 g/mol. The molecular formula is C31H34F2O. The van der Waals surface area contributed by atoms with Crippen molar-refractivity contribution in [2.75, 3.05) is 6.61 Å². The van der Waals surface area contributed by atoms with Crippen molar-refractivity contribution in [1.82, 2.24) is 0 Å². The zero-order valence-corrected chi connectivity index (χ0v) is 19.9. The van der Waals surface area contributed by atoms with Crippen molar-refractivity contribution in [3.63, 3.8) is 0 Å². The van der Waals surface area contributed by atoms with Gasteiger partial charge in [0.2, 0.25) is 0 Å². The maximum absolute atomic E-state index is 14.8. The molecule has 0 unspecified atom stereocenters. The average Bonchev–Trinajstić information content (AvgIpc) is 2.88. The summed E-state index contributed by atoms with van der Waals surface area (Å²) < 4.78 is 35.0. The Hall–Kier alpha value is -2.94. The van der Waals surface area contributed by atoms with Gasteiger partial charge in [0.1, 0.15) is 12.4 Å². The van der Waals surface area contributed by atoms with Gasteiger partial charge >= 0.3 is 0 Å². The van der Waals surface area contributed by atoms with Gasteiger partial charge in [0.15, 0.2) is 11.6 Å². The minimum absolute atomic E-state index is 0.242. The van der Waals surface area contributed by atoms with E-state index in [2.05, 4.69) is 37.4 Å². The van der Waals surface area contributed by atoms with Gasteiger partial charge in [-0.1, -0.05) is 49.1 Å². The highest BCUT2D eigenvalue weighted by atomic mass is 19.2. The lowest BCUT2D eigenvalue weighted by atomic mass is 9.77. The lowest BCUT2D eigenvalue weighted by Crippen LogP contribution is -2.13. The summed E-state index contributed by atoms with van der Waals surface area (Å²) in [6.45, 7) is 7.77. The second-order valence-corrected chi connectivity index (χ2v) is 9.47. The number of hydrogen-bond donors (Lipinski definition) is 0. The van der Waals surface area contributed by atoms with Crippen LogP contribution in [0.15, 0.2) is 73.8 Å². The molecule has 34 heavy (non-hydrogen) atoms. The van der Waals surface area contributed by atoms with Crippen LogP contribution >= 0.6 is 0 Å². The van der Waals surface area contributed by atoms with E-state index in [1.165, 1.54) is 37.7 Å². The van der Waals surface area contributed by atoms with E-state index < -0.39 is 11.6 Å². The average molecular weight is 461 g/mol. The third kappa shape index (κ3) is 5.75. The van der Waals surface area contributed by atoms with Gasteiger partial charge < -0.3 is 4.74 Å². The minimum atomic E-state index is -0.810. The molecule has 1 saturated carbocycles. The third-order valence-corrected chi connectivity index (χ3v) is 7.19. The Kier molecular flexibility index (Phi) is 8.16. The molecule has 1 fully saturated rings. The zero-order valence-electron chi connectivity index (χ0n) is 19.9. The lowest BCUT2D eigenvalue weighted by Gasteiger charge is -2.28. The summed E-state index contributed by atoms with van der Waals surface area (Å²) in [5.74, 6) is 0.413. The van der Waals surface area contributed by atoms with Gasteiger partial charge in [-0.05, 0) is 103 Å². The molecule has 0 N–H and O–H groups in total. The van der Waals surface area contributed by atoms with E-state index in [9.17, 15) is 8.78 Å². The molecule has 1 aliphatic rings. The first-order chi connectivity index (χ1) is 16.6. The number of allylic oxidation sites excluding steroid dienone is 1. The first-order valence-electron chi connectivity index (χ1n) is 12.4. The molecule has 1 nitrogen and oxygen atoms in total. The highest BCUT2D eigenvalue weighted by molar-refractivity contribution is 5.85. The molecule has 0 radical (unpaired) electrons. The van der Waals surface area contributed by atoms with Crippen LogP contribution in [-0.2, 0) is 12.8 Å². The number of hydrogen-bond acceptors (Lipinski definition) is 1. The quantitative estimate of drug-likeness (QED) is 0.275. The van der Waals surface area contributed by atoms with Crippen LogP contribution in [0, 0.1) is 17.6 Å². The second kappa shape index (κ2) is 11.5. The maximum atomic E-state index is 14.8. The summed E-state index contributed by atoms with van der Waals surface area (Å²) in [7, 11) is 0. The van der Waals surface area contributed by atoms with Crippen molar-refractivity contribution >= 4 is 10.8 Å². The Morgan fingerprint density at radius 1 is 0.853 bits per heavy atom. The predicted molar refractivity (Wildman–Crippen MR) is 138 cm³/mol. The zero-order chi connectivity index (χ0) is 23.9. The van der Waals surface area contributed by atoms with Crippen LogP contribution in [0.3, 0.4) is 0 Å². The van der Waals surface area contributed by atoms with Crippen LogP contribution in [0.1, 0.15) is 61.1 Å². The molecule has 0 aromatic heterocycles.